The first kappa shape index (κ1) is 18.5. The van der Waals surface area contributed by atoms with Gasteiger partial charge in [-0.15, -0.1) is 5.10 Å². The molecule has 1 fully saturated rings. The normalized spacial score (nSPS) is 14.2. The van der Waals surface area contributed by atoms with Crippen LogP contribution in [0.25, 0.3) is 0 Å². The minimum Gasteiger partial charge on any atom is -0.368 e. The zero-order chi connectivity index (χ0) is 19.5. The molecule has 0 amide bonds. The highest BCUT2D eigenvalue weighted by Gasteiger charge is 2.20. The Morgan fingerprint density at radius 3 is 2.50 bits per heavy atom. The van der Waals surface area contributed by atoms with Crippen LogP contribution in [0.4, 0.5) is 23.1 Å². The predicted molar refractivity (Wildman–Crippen MR) is 115 cm³/mol. The monoisotopic (exact) mass is 394 g/mol. The van der Waals surface area contributed by atoms with Gasteiger partial charge in [0.1, 0.15) is 0 Å². The molecule has 0 aliphatic carbocycles. The van der Waals surface area contributed by atoms with E-state index in [-0.39, 0.29) is 0 Å². The van der Waals surface area contributed by atoms with E-state index >= 15 is 0 Å². The van der Waals surface area contributed by atoms with Crippen LogP contribution in [0.15, 0.2) is 48.7 Å². The molecule has 2 heterocycles. The lowest BCUT2D eigenvalue weighted by atomic mass is 10.1. The van der Waals surface area contributed by atoms with Crippen LogP contribution in [0.5, 0.6) is 0 Å². The Morgan fingerprint density at radius 2 is 1.75 bits per heavy atom. The molecule has 0 atom stereocenters. The van der Waals surface area contributed by atoms with Gasteiger partial charge >= 0.3 is 0 Å². The van der Waals surface area contributed by atoms with Gasteiger partial charge in [-0.3, -0.25) is 0 Å². The Labute approximate surface area is 170 Å². The average Bonchev–Trinajstić information content (AvgIpc) is 2.71. The molecule has 1 aliphatic rings. The number of anilines is 4. The number of nitrogens with zero attached hydrogens (tertiary/aromatic N) is 5. The van der Waals surface area contributed by atoms with Crippen molar-refractivity contribution in [2.24, 2.45) is 0 Å². The number of hydrogen-bond donors (Lipinski definition) is 1. The summed E-state index contributed by atoms with van der Waals surface area (Å²) in [6, 6.07) is 14.3. The molecular formula is C21H23ClN6. The maximum atomic E-state index is 6.12. The second-order valence-electron chi connectivity index (χ2n) is 7.04. The van der Waals surface area contributed by atoms with Crippen molar-refractivity contribution in [3.8, 4) is 0 Å². The second kappa shape index (κ2) is 8.02. The van der Waals surface area contributed by atoms with E-state index in [0.29, 0.717) is 11.8 Å². The fraction of sp³-hybridized carbons (Fsp3) is 0.286. The van der Waals surface area contributed by atoms with Gasteiger partial charge in [-0.2, -0.15) is 10.1 Å². The van der Waals surface area contributed by atoms with Crippen LogP contribution in [0, 0.1) is 13.8 Å². The van der Waals surface area contributed by atoms with E-state index in [2.05, 4.69) is 68.4 Å². The van der Waals surface area contributed by atoms with E-state index < -0.39 is 0 Å². The molecule has 1 aliphatic heterocycles. The minimum absolute atomic E-state index is 0.653. The molecular weight excluding hydrogens is 372 g/mol. The van der Waals surface area contributed by atoms with Crippen molar-refractivity contribution in [3.63, 3.8) is 0 Å². The molecule has 6 nitrogen and oxygen atoms in total. The molecule has 0 radical (unpaired) electrons. The van der Waals surface area contributed by atoms with Crippen molar-refractivity contribution in [2.75, 3.05) is 41.3 Å². The van der Waals surface area contributed by atoms with Crippen molar-refractivity contribution in [1.29, 1.82) is 0 Å². The summed E-state index contributed by atoms with van der Waals surface area (Å²) in [6.45, 7) is 7.61. The average molecular weight is 395 g/mol. The summed E-state index contributed by atoms with van der Waals surface area (Å²) < 4.78 is 0. The van der Waals surface area contributed by atoms with E-state index in [1.54, 1.807) is 6.20 Å². The largest absolute Gasteiger partial charge is 0.368 e. The van der Waals surface area contributed by atoms with Crippen molar-refractivity contribution in [3.05, 3.63) is 64.8 Å². The third kappa shape index (κ3) is 4.17. The van der Waals surface area contributed by atoms with E-state index in [9.17, 15) is 0 Å². The van der Waals surface area contributed by atoms with Crippen LogP contribution >= 0.6 is 11.6 Å². The Hall–Kier alpha value is -2.86. The summed E-state index contributed by atoms with van der Waals surface area (Å²) in [7, 11) is 0. The smallest absolute Gasteiger partial charge is 0.247 e. The van der Waals surface area contributed by atoms with Crippen molar-refractivity contribution in [1.82, 2.24) is 15.2 Å². The number of aromatic nitrogens is 3. The van der Waals surface area contributed by atoms with Crippen molar-refractivity contribution in [2.45, 2.75) is 13.8 Å². The molecule has 3 aromatic rings. The van der Waals surface area contributed by atoms with Crippen LogP contribution in [0.2, 0.25) is 5.02 Å². The molecule has 1 N–H and O–H groups in total. The Morgan fingerprint density at radius 1 is 0.964 bits per heavy atom. The molecule has 1 aromatic heterocycles. The summed E-state index contributed by atoms with van der Waals surface area (Å²) in [5.74, 6) is 1.36. The maximum Gasteiger partial charge on any atom is 0.247 e. The highest BCUT2D eigenvalue weighted by molar-refractivity contribution is 6.30. The lowest BCUT2D eigenvalue weighted by Crippen LogP contribution is -2.47. The maximum absolute atomic E-state index is 6.12. The van der Waals surface area contributed by atoms with Gasteiger partial charge in [-0.25, -0.2) is 0 Å². The lowest BCUT2D eigenvalue weighted by Gasteiger charge is -2.36. The number of rotatable bonds is 4. The number of aryl methyl sites for hydroxylation is 2. The molecule has 0 unspecified atom stereocenters. The number of halogens is 1. The third-order valence-electron chi connectivity index (χ3n) is 4.93. The molecule has 0 bridgehead atoms. The first-order valence-corrected chi connectivity index (χ1v) is 9.76. The van der Waals surface area contributed by atoms with Gasteiger partial charge in [-0.1, -0.05) is 35.4 Å². The Balaban J connectivity index is 1.44. The molecule has 144 valence electrons. The fourth-order valence-corrected chi connectivity index (χ4v) is 3.60. The summed E-state index contributed by atoms with van der Waals surface area (Å²) in [6.07, 6.45) is 1.66. The van der Waals surface area contributed by atoms with Gasteiger partial charge < -0.3 is 15.1 Å². The Kier molecular flexibility index (Phi) is 5.30. The lowest BCUT2D eigenvalue weighted by molar-refractivity contribution is 0.635. The van der Waals surface area contributed by atoms with Gasteiger partial charge in [0, 0.05) is 42.6 Å². The van der Waals surface area contributed by atoms with Crippen LogP contribution in [-0.2, 0) is 0 Å². The third-order valence-corrected chi connectivity index (χ3v) is 5.16. The van der Waals surface area contributed by atoms with Crippen LogP contribution in [0.1, 0.15) is 11.1 Å². The van der Waals surface area contributed by atoms with Crippen LogP contribution in [-0.4, -0.2) is 41.4 Å². The van der Waals surface area contributed by atoms with E-state index in [1.807, 2.05) is 18.2 Å². The molecule has 2 aromatic carbocycles. The number of benzene rings is 2. The molecule has 4 rings (SSSR count). The topological polar surface area (TPSA) is 57.2 Å². The predicted octanol–water partition coefficient (Wildman–Crippen LogP) is 4.21. The Bertz CT molecular complexity index is 969. The number of piperazine rings is 1. The first-order chi connectivity index (χ1) is 13.6. The minimum atomic E-state index is 0.653. The quantitative estimate of drug-likeness (QED) is 0.715. The molecule has 1 saturated heterocycles. The van der Waals surface area contributed by atoms with Gasteiger partial charge in [0.2, 0.25) is 5.95 Å². The molecule has 0 saturated carbocycles. The molecule has 7 heteroatoms. The van der Waals surface area contributed by atoms with Gasteiger partial charge in [0.05, 0.1) is 6.20 Å². The second-order valence-corrected chi connectivity index (χ2v) is 7.48. The molecule has 28 heavy (non-hydrogen) atoms. The van der Waals surface area contributed by atoms with Gasteiger partial charge in [0.25, 0.3) is 0 Å². The SMILES string of the molecule is Cc1ccc(Nc2cnnc(N3CCN(c4cccc(Cl)c4)CC3)n2)c(C)c1. The fourth-order valence-electron chi connectivity index (χ4n) is 3.42. The molecule has 0 spiro atoms. The zero-order valence-electron chi connectivity index (χ0n) is 16.1. The van der Waals surface area contributed by atoms with E-state index in [1.165, 1.54) is 11.1 Å². The zero-order valence-corrected chi connectivity index (χ0v) is 16.8. The summed E-state index contributed by atoms with van der Waals surface area (Å²) in [5.41, 5.74) is 4.59. The van der Waals surface area contributed by atoms with Crippen LogP contribution < -0.4 is 15.1 Å². The standard InChI is InChI=1S/C21H23ClN6/c1-15-6-7-19(16(2)12-15)24-20-14-23-26-21(25-20)28-10-8-27(9-11-28)18-5-3-4-17(22)13-18/h3-7,12-14H,8-11H2,1-2H3,(H,24,25,26). The summed E-state index contributed by atoms with van der Waals surface area (Å²) in [4.78, 5) is 9.16. The first-order valence-electron chi connectivity index (χ1n) is 9.38. The summed E-state index contributed by atoms with van der Waals surface area (Å²) >= 11 is 6.12. The number of nitrogens with one attached hydrogen (secondary N) is 1. The highest BCUT2D eigenvalue weighted by Crippen LogP contribution is 2.23. The highest BCUT2D eigenvalue weighted by atomic mass is 35.5. The number of hydrogen-bond acceptors (Lipinski definition) is 6. The van der Waals surface area contributed by atoms with E-state index in [0.717, 1.165) is 42.6 Å². The van der Waals surface area contributed by atoms with Crippen molar-refractivity contribution >= 4 is 34.7 Å². The summed E-state index contributed by atoms with van der Waals surface area (Å²) in [5, 5.41) is 12.5. The van der Waals surface area contributed by atoms with E-state index in [4.69, 9.17) is 11.6 Å². The van der Waals surface area contributed by atoms with Gasteiger partial charge in [-0.05, 0) is 43.7 Å². The van der Waals surface area contributed by atoms with Crippen molar-refractivity contribution < 1.29 is 0 Å². The van der Waals surface area contributed by atoms with Gasteiger partial charge in [0.15, 0.2) is 5.82 Å². The van der Waals surface area contributed by atoms with Crippen LogP contribution in [0.3, 0.4) is 0 Å².